The molecule has 0 aliphatic rings. The van der Waals surface area contributed by atoms with Crippen molar-refractivity contribution in [2.24, 2.45) is 0 Å². The van der Waals surface area contributed by atoms with Crippen molar-refractivity contribution in [3.63, 3.8) is 0 Å². The number of nitrogens with one attached hydrogen (secondary N) is 2. The zero-order valence-electron chi connectivity index (χ0n) is 14.7. The fourth-order valence-corrected chi connectivity index (χ4v) is 2.72. The van der Waals surface area contributed by atoms with Gasteiger partial charge < -0.3 is 10.3 Å². The van der Waals surface area contributed by atoms with Crippen LogP contribution in [0.1, 0.15) is 48.6 Å². The molecule has 0 saturated carbocycles. The number of amides is 1. The second-order valence-corrected chi connectivity index (χ2v) is 5.92. The van der Waals surface area contributed by atoms with E-state index in [9.17, 15) is 4.79 Å². The summed E-state index contributed by atoms with van der Waals surface area (Å²) in [7, 11) is 0. The van der Waals surface area contributed by atoms with Crippen molar-refractivity contribution in [1.82, 2.24) is 34.8 Å². The summed E-state index contributed by atoms with van der Waals surface area (Å²) in [6.45, 7) is 8.90. The zero-order chi connectivity index (χ0) is 17.8. The van der Waals surface area contributed by atoms with Crippen LogP contribution in [0.2, 0.25) is 0 Å². The van der Waals surface area contributed by atoms with Gasteiger partial charge in [0.05, 0.1) is 12.2 Å². The van der Waals surface area contributed by atoms with Gasteiger partial charge in [0.25, 0.3) is 5.91 Å². The topological polar surface area (TPSA) is 91.2 Å². The molecule has 1 atom stereocenters. The van der Waals surface area contributed by atoms with Crippen LogP contribution >= 0.6 is 0 Å². The van der Waals surface area contributed by atoms with Gasteiger partial charge >= 0.3 is 0 Å². The Morgan fingerprint density at radius 1 is 1.32 bits per heavy atom. The number of hydrogen-bond acceptors (Lipinski definition) is 5. The maximum atomic E-state index is 12.5. The van der Waals surface area contributed by atoms with Gasteiger partial charge in [-0.15, -0.1) is 0 Å². The predicted molar refractivity (Wildman–Crippen MR) is 94.1 cm³/mol. The molecule has 0 radical (unpaired) electrons. The SMILES string of the molecule is CCN(CC)Cc1cnc2c(C(=O)NC(C)c3ncc[nH]3)cnn2c1. The summed E-state index contributed by atoms with van der Waals surface area (Å²) in [4.78, 5) is 26.4. The van der Waals surface area contributed by atoms with Crippen molar-refractivity contribution in [2.75, 3.05) is 13.1 Å². The van der Waals surface area contributed by atoms with Crippen LogP contribution in [0, 0.1) is 0 Å². The van der Waals surface area contributed by atoms with E-state index in [2.05, 4.69) is 44.1 Å². The smallest absolute Gasteiger partial charge is 0.257 e. The Labute approximate surface area is 146 Å². The van der Waals surface area contributed by atoms with Gasteiger partial charge in [0.2, 0.25) is 0 Å². The summed E-state index contributed by atoms with van der Waals surface area (Å²) in [5.41, 5.74) is 2.07. The molecule has 0 aliphatic heterocycles. The third-order valence-corrected chi connectivity index (χ3v) is 4.23. The second-order valence-electron chi connectivity index (χ2n) is 5.92. The molecule has 0 saturated heterocycles. The molecule has 0 fully saturated rings. The molecule has 3 aromatic rings. The Bertz CT molecular complexity index is 836. The second kappa shape index (κ2) is 7.43. The van der Waals surface area contributed by atoms with E-state index in [1.807, 2.05) is 19.3 Å². The van der Waals surface area contributed by atoms with Gasteiger partial charge in [0, 0.05) is 36.9 Å². The third kappa shape index (κ3) is 3.69. The molecule has 132 valence electrons. The molecule has 8 nitrogen and oxygen atoms in total. The van der Waals surface area contributed by atoms with E-state index < -0.39 is 0 Å². The molecule has 0 aromatic carbocycles. The van der Waals surface area contributed by atoms with Crippen LogP contribution in [0.4, 0.5) is 0 Å². The number of aromatic nitrogens is 5. The summed E-state index contributed by atoms with van der Waals surface area (Å²) < 4.78 is 1.66. The number of hydrogen-bond donors (Lipinski definition) is 2. The van der Waals surface area contributed by atoms with Crippen molar-refractivity contribution in [3.05, 3.63) is 47.9 Å². The van der Waals surface area contributed by atoms with Crippen molar-refractivity contribution < 1.29 is 4.79 Å². The number of H-pyrrole nitrogens is 1. The maximum Gasteiger partial charge on any atom is 0.257 e. The highest BCUT2D eigenvalue weighted by Gasteiger charge is 2.18. The Hall–Kier alpha value is -2.74. The number of imidazole rings is 1. The van der Waals surface area contributed by atoms with Crippen molar-refractivity contribution in [1.29, 1.82) is 0 Å². The first-order valence-electron chi connectivity index (χ1n) is 8.47. The van der Waals surface area contributed by atoms with Crippen LogP contribution in [0.5, 0.6) is 0 Å². The van der Waals surface area contributed by atoms with E-state index in [4.69, 9.17) is 0 Å². The third-order valence-electron chi connectivity index (χ3n) is 4.23. The van der Waals surface area contributed by atoms with Gasteiger partial charge in [-0.2, -0.15) is 5.10 Å². The Morgan fingerprint density at radius 2 is 2.12 bits per heavy atom. The summed E-state index contributed by atoms with van der Waals surface area (Å²) in [6, 6.07) is -0.223. The molecule has 1 unspecified atom stereocenters. The minimum atomic E-state index is -0.223. The molecule has 3 heterocycles. The average molecular weight is 341 g/mol. The van der Waals surface area contributed by atoms with E-state index in [1.54, 1.807) is 23.1 Å². The van der Waals surface area contributed by atoms with E-state index in [0.717, 1.165) is 25.2 Å². The minimum Gasteiger partial charge on any atom is -0.347 e. The van der Waals surface area contributed by atoms with Gasteiger partial charge in [-0.1, -0.05) is 13.8 Å². The molecule has 3 rings (SSSR count). The molecule has 0 aliphatic carbocycles. The Kier molecular flexibility index (Phi) is 5.08. The fourth-order valence-electron chi connectivity index (χ4n) is 2.72. The summed E-state index contributed by atoms with van der Waals surface area (Å²) in [5, 5.41) is 7.19. The van der Waals surface area contributed by atoms with Crippen LogP contribution in [0.25, 0.3) is 5.65 Å². The van der Waals surface area contributed by atoms with Crippen LogP contribution in [0.15, 0.2) is 31.0 Å². The molecule has 3 aromatic heterocycles. The molecule has 8 heteroatoms. The first-order valence-corrected chi connectivity index (χ1v) is 8.47. The molecule has 0 bridgehead atoms. The van der Waals surface area contributed by atoms with E-state index in [-0.39, 0.29) is 11.9 Å². The molecule has 25 heavy (non-hydrogen) atoms. The number of carbonyl (C=O) groups excluding carboxylic acids is 1. The zero-order valence-corrected chi connectivity index (χ0v) is 14.7. The highest BCUT2D eigenvalue weighted by atomic mass is 16.1. The summed E-state index contributed by atoms with van der Waals surface area (Å²) in [6.07, 6.45) is 8.67. The van der Waals surface area contributed by atoms with Crippen molar-refractivity contribution in [3.8, 4) is 0 Å². The average Bonchev–Trinajstić information content (AvgIpc) is 3.28. The lowest BCUT2D eigenvalue weighted by Gasteiger charge is -2.17. The minimum absolute atomic E-state index is 0.220. The quantitative estimate of drug-likeness (QED) is 0.683. The lowest BCUT2D eigenvalue weighted by atomic mass is 10.2. The van der Waals surface area contributed by atoms with Crippen molar-refractivity contribution >= 4 is 11.6 Å². The number of nitrogens with zero attached hydrogens (tertiary/aromatic N) is 5. The number of aromatic amines is 1. The largest absolute Gasteiger partial charge is 0.347 e. The van der Waals surface area contributed by atoms with E-state index >= 15 is 0 Å². The standard InChI is InChI=1S/C17H23N7O/c1-4-23(5-2)10-13-8-20-16-14(9-21-24(16)11-13)17(25)22-12(3)15-18-6-7-19-15/h6-9,11-12H,4-5,10H2,1-3H3,(H,18,19)(H,22,25). The maximum absolute atomic E-state index is 12.5. The number of fused-ring (bicyclic) bond motifs is 1. The fraction of sp³-hybridized carbons (Fsp3) is 0.412. The molecular formula is C17H23N7O. The van der Waals surface area contributed by atoms with Crippen LogP contribution in [0.3, 0.4) is 0 Å². The lowest BCUT2D eigenvalue weighted by molar-refractivity contribution is 0.0940. The molecular weight excluding hydrogens is 318 g/mol. The van der Waals surface area contributed by atoms with Gasteiger partial charge in [-0.05, 0) is 20.0 Å². The first-order chi connectivity index (χ1) is 12.1. The first kappa shape index (κ1) is 17.1. The van der Waals surface area contributed by atoms with Gasteiger partial charge in [-0.3, -0.25) is 9.69 Å². The Morgan fingerprint density at radius 3 is 2.80 bits per heavy atom. The van der Waals surface area contributed by atoms with E-state index in [1.165, 1.54) is 0 Å². The van der Waals surface area contributed by atoms with Crippen molar-refractivity contribution in [2.45, 2.75) is 33.4 Å². The predicted octanol–water partition coefficient (Wildman–Crippen LogP) is 1.79. The molecule has 0 spiro atoms. The normalized spacial score (nSPS) is 12.6. The van der Waals surface area contributed by atoms with Gasteiger partial charge in [-0.25, -0.2) is 14.5 Å². The molecule has 1 amide bonds. The lowest BCUT2D eigenvalue weighted by Crippen LogP contribution is -2.27. The van der Waals surface area contributed by atoms with Gasteiger partial charge in [0.1, 0.15) is 11.4 Å². The number of rotatable bonds is 7. The summed E-state index contributed by atoms with van der Waals surface area (Å²) in [5.74, 6) is 0.488. The molecule has 2 N–H and O–H groups in total. The number of carbonyl (C=O) groups is 1. The van der Waals surface area contributed by atoms with Crippen LogP contribution < -0.4 is 5.32 Å². The van der Waals surface area contributed by atoms with Gasteiger partial charge in [0.15, 0.2) is 5.65 Å². The van der Waals surface area contributed by atoms with Crippen LogP contribution in [-0.4, -0.2) is 48.5 Å². The van der Waals surface area contributed by atoms with E-state index in [0.29, 0.717) is 17.0 Å². The monoisotopic (exact) mass is 341 g/mol. The Balaban J connectivity index is 1.77. The van der Waals surface area contributed by atoms with Crippen LogP contribution in [-0.2, 0) is 6.54 Å². The highest BCUT2D eigenvalue weighted by Crippen LogP contribution is 2.13. The summed E-state index contributed by atoms with van der Waals surface area (Å²) >= 11 is 0. The highest BCUT2D eigenvalue weighted by molar-refractivity contribution is 5.99.